The predicted octanol–water partition coefficient (Wildman–Crippen LogP) is 3.10. The molecule has 2 heterocycles. The SMILES string of the molecule is COc1ccc(-n2c(-c3cc(OC)c(OC)c(OC)c3)nc3c(N)ncnc32)cc1. The summed E-state index contributed by atoms with van der Waals surface area (Å²) in [5.74, 6) is 3.16. The minimum absolute atomic E-state index is 0.293. The lowest BCUT2D eigenvalue weighted by Gasteiger charge is -2.15. The zero-order chi connectivity index (χ0) is 21.3. The summed E-state index contributed by atoms with van der Waals surface area (Å²) in [6, 6.07) is 11.2. The predicted molar refractivity (Wildman–Crippen MR) is 113 cm³/mol. The number of imidazole rings is 1. The molecule has 0 amide bonds. The van der Waals surface area contributed by atoms with Crippen LogP contribution in [0, 0.1) is 0 Å². The average Bonchev–Trinajstić information content (AvgIpc) is 3.19. The molecule has 0 aliphatic rings. The third kappa shape index (κ3) is 3.10. The number of aromatic nitrogens is 4. The van der Waals surface area contributed by atoms with Crippen LogP contribution in [-0.4, -0.2) is 48.0 Å². The van der Waals surface area contributed by atoms with Crippen LogP contribution in [0.2, 0.25) is 0 Å². The lowest BCUT2D eigenvalue weighted by molar-refractivity contribution is 0.324. The Morgan fingerprint density at radius 2 is 1.50 bits per heavy atom. The maximum atomic E-state index is 6.08. The molecule has 0 atom stereocenters. The Balaban J connectivity index is 2.03. The van der Waals surface area contributed by atoms with Crippen LogP contribution in [0.25, 0.3) is 28.2 Å². The molecule has 2 aromatic carbocycles. The monoisotopic (exact) mass is 407 g/mol. The Morgan fingerprint density at radius 3 is 2.07 bits per heavy atom. The molecular weight excluding hydrogens is 386 g/mol. The van der Waals surface area contributed by atoms with E-state index in [0.717, 1.165) is 17.0 Å². The fraction of sp³-hybridized carbons (Fsp3) is 0.190. The highest BCUT2D eigenvalue weighted by atomic mass is 16.5. The molecule has 4 rings (SSSR count). The molecule has 0 saturated carbocycles. The quantitative estimate of drug-likeness (QED) is 0.520. The van der Waals surface area contributed by atoms with Crippen molar-refractivity contribution in [3.8, 4) is 40.1 Å². The van der Waals surface area contributed by atoms with Gasteiger partial charge in [0.25, 0.3) is 0 Å². The number of hydrogen-bond acceptors (Lipinski definition) is 8. The van der Waals surface area contributed by atoms with Gasteiger partial charge < -0.3 is 24.7 Å². The molecule has 0 aliphatic heterocycles. The smallest absolute Gasteiger partial charge is 0.203 e. The molecule has 0 radical (unpaired) electrons. The summed E-state index contributed by atoms with van der Waals surface area (Å²) < 4.78 is 23.6. The van der Waals surface area contributed by atoms with E-state index >= 15 is 0 Å². The van der Waals surface area contributed by atoms with Crippen molar-refractivity contribution in [2.75, 3.05) is 34.2 Å². The molecule has 0 spiro atoms. The van der Waals surface area contributed by atoms with E-state index in [2.05, 4.69) is 9.97 Å². The minimum Gasteiger partial charge on any atom is -0.497 e. The molecule has 0 aliphatic carbocycles. The summed E-state index contributed by atoms with van der Waals surface area (Å²) in [5, 5.41) is 0. The Morgan fingerprint density at radius 1 is 0.833 bits per heavy atom. The number of fused-ring (bicyclic) bond motifs is 1. The van der Waals surface area contributed by atoms with Crippen molar-refractivity contribution in [3.63, 3.8) is 0 Å². The van der Waals surface area contributed by atoms with Gasteiger partial charge in [-0.15, -0.1) is 0 Å². The minimum atomic E-state index is 0.293. The first kappa shape index (κ1) is 19.3. The van der Waals surface area contributed by atoms with E-state index in [1.165, 1.54) is 6.33 Å². The summed E-state index contributed by atoms with van der Waals surface area (Å²) in [4.78, 5) is 13.2. The van der Waals surface area contributed by atoms with Crippen LogP contribution in [0.1, 0.15) is 0 Å². The van der Waals surface area contributed by atoms with E-state index in [0.29, 0.717) is 40.1 Å². The molecule has 30 heavy (non-hydrogen) atoms. The maximum Gasteiger partial charge on any atom is 0.203 e. The van der Waals surface area contributed by atoms with Gasteiger partial charge in [0.2, 0.25) is 5.75 Å². The Hall–Kier alpha value is -4.01. The second-order valence-corrected chi connectivity index (χ2v) is 6.31. The van der Waals surface area contributed by atoms with Gasteiger partial charge in [-0.05, 0) is 36.4 Å². The zero-order valence-corrected chi connectivity index (χ0v) is 17.0. The van der Waals surface area contributed by atoms with Gasteiger partial charge in [-0.3, -0.25) is 4.57 Å². The molecular formula is C21H21N5O4. The van der Waals surface area contributed by atoms with Crippen molar-refractivity contribution in [1.29, 1.82) is 0 Å². The molecule has 154 valence electrons. The molecule has 9 heteroatoms. The third-order valence-corrected chi connectivity index (χ3v) is 4.73. The van der Waals surface area contributed by atoms with Crippen LogP contribution < -0.4 is 24.7 Å². The van der Waals surface area contributed by atoms with E-state index in [-0.39, 0.29) is 0 Å². The first-order valence-corrected chi connectivity index (χ1v) is 9.05. The summed E-state index contributed by atoms with van der Waals surface area (Å²) >= 11 is 0. The molecule has 9 nitrogen and oxygen atoms in total. The van der Waals surface area contributed by atoms with Crippen LogP contribution in [-0.2, 0) is 0 Å². The van der Waals surface area contributed by atoms with Gasteiger partial charge in [-0.1, -0.05) is 0 Å². The van der Waals surface area contributed by atoms with Gasteiger partial charge in [0.05, 0.1) is 28.4 Å². The Bertz CT molecular complexity index is 1180. The molecule has 0 bridgehead atoms. The highest BCUT2D eigenvalue weighted by Crippen LogP contribution is 2.42. The number of rotatable bonds is 6. The van der Waals surface area contributed by atoms with Crippen LogP contribution >= 0.6 is 0 Å². The van der Waals surface area contributed by atoms with Crippen LogP contribution in [0.3, 0.4) is 0 Å². The van der Waals surface area contributed by atoms with Gasteiger partial charge >= 0.3 is 0 Å². The van der Waals surface area contributed by atoms with Gasteiger partial charge in [0.15, 0.2) is 28.5 Å². The molecule has 4 aromatic rings. The van der Waals surface area contributed by atoms with Crippen LogP contribution in [0.5, 0.6) is 23.0 Å². The third-order valence-electron chi connectivity index (χ3n) is 4.73. The summed E-state index contributed by atoms with van der Waals surface area (Å²) in [5.41, 5.74) is 8.73. The Kier molecular flexibility index (Phi) is 5.01. The molecule has 2 aromatic heterocycles. The largest absolute Gasteiger partial charge is 0.497 e. The van der Waals surface area contributed by atoms with Crippen molar-refractivity contribution in [2.45, 2.75) is 0 Å². The highest BCUT2D eigenvalue weighted by Gasteiger charge is 2.21. The second-order valence-electron chi connectivity index (χ2n) is 6.31. The molecule has 0 saturated heterocycles. The summed E-state index contributed by atoms with van der Waals surface area (Å²) in [6.45, 7) is 0. The Labute approximate surface area is 173 Å². The lowest BCUT2D eigenvalue weighted by atomic mass is 10.1. The number of benzene rings is 2. The average molecular weight is 407 g/mol. The number of methoxy groups -OCH3 is 4. The fourth-order valence-corrected chi connectivity index (χ4v) is 3.29. The van der Waals surface area contributed by atoms with Crippen molar-refractivity contribution in [3.05, 3.63) is 42.7 Å². The van der Waals surface area contributed by atoms with Gasteiger partial charge in [0, 0.05) is 11.3 Å². The fourth-order valence-electron chi connectivity index (χ4n) is 3.29. The zero-order valence-electron chi connectivity index (χ0n) is 17.0. The van der Waals surface area contributed by atoms with Gasteiger partial charge in [-0.2, -0.15) is 0 Å². The van der Waals surface area contributed by atoms with Crippen molar-refractivity contribution >= 4 is 17.0 Å². The van der Waals surface area contributed by atoms with E-state index in [9.17, 15) is 0 Å². The van der Waals surface area contributed by atoms with Crippen LogP contribution in [0.15, 0.2) is 42.7 Å². The molecule has 0 fully saturated rings. The highest BCUT2D eigenvalue weighted by molar-refractivity contribution is 5.87. The molecule has 2 N–H and O–H groups in total. The van der Waals surface area contributed by atoms with E-state index in [1.807, 2.05) is 41.0 Å². The number of nitrogens with zero attached hydrogens (tertiary/aromatic N) is 4. The van der Waals surface area contributed by atoms with Crippen molar-refractivity contribution < 1.29 is 18.9 Å². The van der Waals surface area contributed by atoms with Gasteiger partial charge in [-0.25, -0.2) is 15.0 Å². The van der Waals surface area contributed by atoms with Crippen LogP contribution in [0.4, 0.5) is 5.82 Å². The second kappa shape index (κ2) is 7.78. The number of nitrogens with two attached hydrogens (primary N) is 1. The molecule has 0 unspecified atom stereocenters. The normalized spacial score (nSPS) is 10.8. The van der Waals surface area contributed by atoms with E-state index < -0.39 is 0 Å². The number of ether oxygens (including phenoxy) is 4. The van der Waals surface area contributed by atoms with Crippen molar-refractivity contribution in [2.24, 2.45) is 0 Å². The maximum absolute atomic E-state index is 6.08. The number of anilines is 1. The summed E-state index contributed by atoms with van der Waals surface area (Å²) in [7, 11) is 6.31. The number of nitrogen functional groups attached to an aromatic ring is 1. The topological polar surface area (TPSA) is 107 Å². The van der Waals surface area contributed by atoms with E-state index in [1.54, 1.807) is 28.4 Å². The first-order valence-electron chi connectivity index (χ1n) is 9.05. The standard InChI is InChI=1S/C21H21N5O4/c1-27-14-7-5-13(6-8-14)26-20(25-17-19(22)23-11-24-21(17)26)12-9-15(28-2)18(30-4)16(10-12)29-3/h5-11H,1-4H3,(H2,22,23,24). The van der Waals surface area contributed by atoms with Crippen molar-refractivity contribution in [1.82, 2.24) is 19.5 Å². The van der Waals surface area contributed by atoms with Gasteiger partial charge in [0.1, 0.15) is 17.9 Å². The number of hydrogen-bond donors (Lipinski definition) is 1. The first-order chi connectivity index (χ1) is 14.6. The van der Waals surface area contributed by atoms with E-state index in [4.69, 9.17) is 29.7 Å². The summed E-state index contributed by atoms with van der Waals surface area (Å²) in [6.07, 6.45) is 1.42. The lowest BCUT2D eigenvalue weighted by Crippen LogP contribution is -2.01.